The molecular formula is C21H17N3O5. The van der Waals surface area contributed by atoms with Gasteiger partial charge in [0.1, 0.15) is 0 Å². The van der Waals surface area contributed by atoms with Crippen LogP contribution in [-0.4, -0.2) is 38.8 Å². The van der Waals surface area contributed by atoms with Crippen LogP contribution in [-0.2, 0) is 0 Å². The summed E-state index contributed by atoms with van der Waals surface area (Å²) in [6.07, 6.45) is 2.61. The number of para-hydroxylation sites is 2. The van der Waals surface area contributed by atoms with E-state index in [-0.39, 0.29) is 28.6 Å². The van der Waals surface area contributed by atoms with E-state index < -0.39 is 5.91 Å². The molecule has 0 atom stereocenters. The number of amides is 1. The normalized spacial score (nSPS) is 11.2. The molecule has 5 N–H and O–H groups in total. The lowest BCUT2D eigenvalue weighted by molar-refractivity contribution is 0.0955. The molecule has 0 spiro atoms. The third-order valence-corrected chi connectivity index (χ3v) is 3.94. The molecule has 3 aromatic carbocycles. The second-order valence-corrected chi connectivity index (χ2v) is 5.93. The third-order valence-electron chi connectivity index (χ3n) is 3.94. The van der Waals surface area contributed by atoms with Crippen molar-refractivity contribution in [3.8, 4) is 23.0 Å². The van der Waals surface area contributed by atoms with Gasteiger partial charge in [0.05, 0.1) is 11.9 Å². The topological polar surface area (TPSA) is 135 Å². The van der Waals surface area contributed by atoms with E-state index in [0.717, 1.165) is 0 Å². The number of nitrogens with zero attached hydrogens (tertiary/aromatic N) is 2. The van der Waals surface area contributed by atoms with E-state index in [1.807, 2.05) is 0 Å². The first-order chi connectivity index (χ1) is 14.0. The van der Waals surface area contributed by atoms with Crippen molar-refractivity contribution in [1.82, 2.24) is 5.43 Å². The average molecular weight is 391 g/mol. The molecule has 1 amide bonds. The van der Waals surface area contributed by atoms with Crippen LogP contribution in [0.3, 0.4) is 0 Å². The quantitative estimate of drug-likeness (QED) is 0.259. The maximum atomic E-state index is 12.1. The number of aromatic hydroxyl groups is 4. The van der Waals surface area contributed by atoms with Crippen molar-refractivity contribution in [3.05, 3.63) is 77.4 Å². The highest BCUT2D eigenvalue weighted by Crippen LogP contribution is 2.28. The Hall–Kier alpha value is -4.33. The van der Waals surface area contributed by atoms with Gasteiger partial charge in [-0.3, -0.25) is 9.79 Å². The first-order valence-corrected chi connectivity index (χ1v) is 8.45. The number of phenolic OH excluding ortho intramolecular Hbond substituents is 4. The van der Waals surface area contributed by atoms with Crippen LogP contribution in [0.25, 0.3) is 0 Å². The van der Waals surface area contributed by atoms with E-state index in [4.69, 9.17) is 0 Å². The minimum absolute atomic E-state index is 0.236. The van der Waals surface area contributed by atoms with Gasteiger partial charge in [-0.15, -0.1) is 0 Å². The largest absolute Gasteiger partial charge is 0.504 e. The first-order valence-electron chi connectivity index (χ1n) is 8.45. The highest BCUT2D eigenvalue weighted by Gasteiger charge is 2.06. The molecule has 0 aliphatic heterocycles. The Balaban J connectivity index is 1.64. The minimum Gasteiger partial charge on any atom is -0.504 e. The number of benzene rings is 3. The smallest absolute Gasteiger partial charge is 0.271 e. The number of phenols is 4. The predicted molar refractivity (Wildman–Crippen MR) is 108 cm³/mol. The number of hydrogen-bond donors (Lipinski definition) is 5. The second kappa shape index (κ2) is 8.57. The van der Waals surface area contributed by atoms with Crippen molar-refractivity contribution in [3.63, 3.8) is 0 Å². The van der Waals surface area contributed by atoms with Crippen LogP contribution < -0.4 is 5.43 Å². The van der Waals surface area contributed by atoms with Gasteiger partial charge in [-0.1, -0.05) is 12.1 Å². The summed E-state index contributed by atoms with van der Waals surface area (Å²) in [4.78, 5) is 16.3. The fraction of sp³-hybridized carbons (Fsp3) is 0. The molecule has 146 valence electrons. The fourth-order valence-corrected chi connectivity index (χ4v) is 2.37. The molecule has 8 heteroatoms. The maximum absolute atomic E-state index is 12.1. The predicted octanol–water partition coefficient (Wildman–Crippen LogP) is 3.02. The number of nitrogens with one attached hydrogen (secondary N) is 1. The van der Waals surface area contributed by atoms with Crippen molar-refractivity contribution in [1.29, 1.82) is 0 Å². The van der Waals surface area contributed by atoms with Crippen LogP contribution in [0, 0.1) is 0 Å². The van der Waals surface area contributed by atoms with E-state index in [0.29, 0.717) is 16.8 Å². The molecule has 8 nitrogen and oxygen atoms in total. The van der Waals surface area contributed by atoms with Gasteiger partial charge in [0.2, 0.25) is 0 Å². The highest BCUT2D eigenvalue weighted by molar-refractivity contribution is 5.95. The van der Waals surface area contributed by atoms with Crippen molar-refractivity contribution in [2.45, 2.75) is 0 Å². The minimum atomic E-state index is -0.470. The van der Waals surface area contributed by atoms with Crippen LogP contribution in [0.5, 0.6) is 23.0 Å². The number of carbonyl (C=O) groups is 1. The average Bonchev–Trinajstić information content (AvgIpc) is 2.72. The Kier molecular flexibility index (Phi) is 5.74. The zero-order valence-electron chi connectivity index (χ0n) is 15.0. The molecule has 29 heavy (non-hydrogen) atoms. The van der Waals surface area contributed by atoms with Crippen molar-refractivity contribution in [2.75, 3.05) is 0 Å². The molecule has 3 rings (SSSR count). The van der Waals surface area contributed by atoms with Crippen LogP contribution >= 0.6 is 0 Å². The SMILES string of the molecule is O=C(N/N=C/c1cccc(O)c1O)c1ccc(N=Cc2cccc(O)c2O)cc1. The van der Waals surface area contributed by atoms with E-state index in [2.05, 4.69) is 15.5 Å². The lowest BCUT2D eigenvalue weighted by Gasteiger charge is -2.03. The second-order valence-electron chi connectivity index (χ2n) is 5.93. The molecule has 0 unspecified atom stereocenters. The summed E-state index contributed by atoms with van der Waals surface area (Å²) in [5.74, 6) is -1.58. The van der Waals surface area contributed by atoms with Gasteiger partial charge in [-0.25, -0.2) is 5.43 Å². The first kappa shape index (κ1) is 19.4. The number of rotatable bonds is 5. The Labute approximate surface area is 165 Å². The molecule has 0 fully saturated rings. The van der Waals surface area contributed by atoms with Crippen LogP contribution in [0.4, 0.5) is 5.69 Å². The number of hydrogen-bond acceptors (Lipinski definition) is 7. The maximum Gasteiger partial charge on any atom is 0.271 e. The fourth-order valence-electron chi connectivity index (χ4n) is 2.37. The molecule has 0 aliphatic rings. The summed E-state index contributed by atoms with van der Waals surface area (Å²) in [5, 5.41) is 42.1. The molecule has 3 aromatic rings. The van der Waals surface area contributed by atoms with Gasteiger partial charge in [0.25, 0.3) is 5.91 Å². The zero-order chi connectivity index (χ0) is 20.8. The Morgan fingerprint density at radius 2 is 1.31 bits per heavy atom. The van der Waals surface area contributed by atoms with Gasteiger partial charge in [0.15, 0.2) is 23.0 Å². The molecule has 0 saturated carbocycles. The monoisotopic (exact) mass is 391 g/mol. The molecule has 0 aliphatic carbocycles. The molecule has 0 heterocycles. The van der Waals surface area contributed by atoms with Gasteiger partial charge in [0, 0.05) is 22.9 Å². The van der Waals surface area contributed by atoms with Gasteiger partial charge in [-0.2, -0.15) is 5.10 Å². The lowest BCUT2D eigenvalue weighted by Crippen LogP contribution is -2.17. The summed E-state index contributed by atoms with van der Waals surface area (Å²) in [6, 6.07) is 15.3. The van der Waals surface area contributed by atoms with Crippen molar-refractivity contribution < 1.29 is 25.2 Å². The number of carbonyl (C=O) groups excluding carboxylic acids is 1. The molecule has 0 saturated heterocycles. The summed E-state index contributed by atoms with van der Waals surface area (Å²) in [7, 11) is 0. The summed E-state index contributed by atoms with van der Waals surface area (Å²) < 4.78 is 0. The van der Waals surface area contributed by atoms with E-state index in [1.165, 1.54) is 36.7 Å². The number of aliphatic imine (C=N–C) groups is 1. The standard InChI is InChI=1S/C21H17N3O5/c25-17-5-1-3-14(19(17)27)11-22-16-9-7-13(8-10-16)21(29)24-23-12-15-4-2-6-18(26)20(15)28/h1-12,25-28H,(H,24,29)/b22-11?,23-12+. The van der Waals surface area contributed by atoms with Gasteiger partial charge < -0.3 is 20.4 Å². The van der Waals surface area contributed by atoms with E-state index in [1.54, 1.807) is 36.4 Å². The molecule has 0 bridgehead atoms. The molecule has 0 radical (unpaired) electrons. The van der Waals surface area contributed by atoms with Gasteiger partial charge >= 0.3 is 0 Å². The van der Waals surface area contributed by atoms with Crippen LogP contribution in [0.1, 0.15) is 21.5 Å². The van der Waals surface area contributed by atoms with E-state index in [9.17, 15) is 25.2 Å². The van der Waals surface area contributed by atoms with Crippen molar-refractivity contribution in [2.24, 2.45) is 10.1 Å². The summed E-state index contributed by atoms with van der Waals surface area (Å²) in [5.41, 5.74) is 3.81. The molecule has 0 aromatic heterocycles. The lowest BCUT2D eigenvalue weighted by atomic mass is 10.2. The van der Waals surface area contributed by atoms with Gasteiger partial charge in [-0.05, 0) is 48.5 Å². The van der Waals surface area contributed by atoms with E-state index >= 15 is 0 Å². The third kappa shape index (κ3) is 4.69. The van der Waals surface area contributed by atoms with Crippen LogP contribution in [0.2, 0.25) is 0 Å². The summed E-state index contributed by atoms with van der Waals surface area (Å²) >= 11 is 0. The van der Waals surface area contributed by atoms with Crippen LogP contribution in [0.15, 0.2) is 70.8 Å². The number of hydrazone groups is 1. The Morgan fingerprint density at radius 3 is 1.90 bits per heavy atom. The molecular weight excluding hydrogens is 374 g/mol. The van der Waals surface area contributed by atoms with Crippen molar-refractivity contribution >= 4 is 24.0 Å². The highest BCUT2D eigenvalue weighted by atomic mass is 16.3. The Morgan fingerprint density at radius 1 is 0.759 bits per heavy atom. The zero-order valence-corrected chi connectivity index (χ0v) is 15.0. The summed E-state index contributed by atoms with van der Waals surface area (Å²) in [6.45, 7) is 0. The Bertz CT molecular complexity index is 1090.